The van der Waals surface area contributed by atoms with Gasteiger partial charge in [-0.2, -0.15) is 0 Å². The van der Waals surface area contributed by atoms with Crippen LogP contribution in [0, 0.1) is 11.8 Å². The molecule has 0 heterocycles. The molecule has 0 N–H and O–H groups in total. The molecule has 0 spiro atoms. The SMILES string of the molecule is CCCCCCCCCC[C@@H]1C[C@H]1C(=O)OCC. The van der Waals surface area contributed by atoms with E-state index in [9.17, 15) is 4.79 Å². The molecule has 2 heteroatoms. The molecule has 1 saturated carbocycles. The van der Waals surface area contributed by atoms with Crippen LogP contribution in [0.1, 0.15) is 78.1 Å². The summed E-state index contributed by atoms with van der Waals surface area (Å²) in [6, 6.07) is 0. The highest BCUT2D eigenvalue weighted by Crippen LogP contribution is 2.43. The quantitative estimate of drug-likeness (QED) is 0.394. The van der Waals surface area contributed by atoms with Gasteiger partial charge in [-0.15, -0.1) is 0 Å². The third-order valence-electron chi connectivity index (χ3n) is 3.94. The van der Waals surface area contributed by atoms with Crippen LogP contribution < -0.4 is 0 Å². The Morgan fingerprint density at radius 1 is 1.00 bits per heavy atom. The molecule has 106 valence electrons. The zero-order chi connectivity index (χ0) is 13.2. The molecule has 1 aliphatic rings. The number of esters is 1. The predicted molar refractivity (Wildman–Crippen MR) is 75.5 cm³/mol. The molecule has 0 aromatic heterocycles. The first kappa shape index (κ1) is 15.5. The third-order valence-corrected chi connectivity index (χ3v) is 3.94. The maximum atomic E-state index is 11.4. The zero-order valence-electron chi connectivity index (χ0n) is 12.2. The van der Waals surface area contributed by atoms with Crippen molar-refractivity contribution >= 4 is 5.97 Å². The van der Waals surface area contributed by atoms with E-state index in [0.717, 1.165) is 6.42 Å². The van der Waals surface area contributed by atoms with Crippen molar-refractivity contribution in [1.82, 2.24) is 0 Å². The first-order valence-electron chi connectivity index (χ1n) is 7.96. The van der Waals surface area contributed by atoms with Crippen molar-refractivity contribution < 1.29 is 9.53 Å². The standard InChI is InChI=1S/C16H30O2/c1-3-5-6-7-8-9-10-11-12-14-13-15(14)16(17)18-4-2/h14-15H,3-13H2,1-2H3/t14-,15-/m1/s1. The summed E-state index contributed by atoms with van der Waals surface area (Å²) in [6.45, 7) is 4.67. The van der Waals surface area contributed by atoms with Gasteiger partial charge in [0.2, 0.25) is 0 Å². The van der Waals surface area contributed by atoms with Gasteiger partial charge in [0.15, 0.2) is 0 Å². The van der Waals surface area contributed by atoms with Gasteiger partial charge in [0.1, 0.15) is 0 Å². The number of carbonyl (C=O) groups excluding carboxylic acids is 1. The average Bonchev–Trinajstić information content (AvgIpc) is 3.12. The third kappa shape index (κ3) is 6.42. The lowest BCUT2D eigenvalue weighted by atomic mass is 10.1. The molecule has 0 aliphatic heterocycles. The summed E-state index contributed by atoms with van der Waals surface area (Å²) in [5, 5.41) is 0. The summed E-state index contributed by atoms with van der Waals surface area (Å²) < 4.78 is 5.04. The maximum Gasteiger partial charge on any atom is 0.309 e. The first-order valence-corrected chi connectivity index (χ1v) is 7.96. The second kappa shape index (κ2) is 9.41. The summed E-state index contributed by atoms with van der Waals surface area (Å²) in [5.41, 5.74) is 0. The second-order valence-electron chi connectivity index (χ2n) is 5.62. The average molecular weight is 254 g/mol. The molecule has 0 saturated heterocycles. The zero-order valence-corrected chi connectivity index (χ0v) is 12.2. The molecular weight excluding hydrogens is 224 g/mol. The van der Waals surface area contributed by atoms with Crippen LogP contribution in [0.2, 0.25) is 0 Å². The highest BCUT2D eigenvalue weighted by atomic mass is 16.5. The van der Waals surface area contributed by atoms with E-state index in [0.29, 0.717) is 12.5 Å². The topological polar surface area (TPSA) is 26.3 Å². The summed E-state index contributed by atoms with van der Waals surface area (Å²) >= 11 is 0. The Bertz CT molecular complexity index is 225. The molecule has 1 fully saturated rings. The summed E-state index contributed by atoms with van der Waals surface area (Å²) in [5.74, 6) is 0.931. The van der Waals surface area contributed by atoms with Gasteiger partial charge in [0, 0.05) is 0 Å². The molecule has 1 aliphatic carbocycles. The first-order chi connectivity index (χ1) is 8.79. The number of hydrogen-bond donors (Lipinski definition) is 0. The smallest absolute Gasteiger partial charge is 0.309 e. The van der Waals surface area contributed by atoms with Crippen LogP contribution in [0.5, 0.6) is 0 Å². The minimum Gasteiger partial charge on any atom is -0.466 e. The number of rotatable bonds is 11. The molecule has 0 unspecified atom stereocenters. The van der Waals surface area contributed by atoms with Crippen molar-refractivity contribution in [3.63, 3.8) is 0 Å². The Hall–Kier alpha value is -0.530. The number of ether oxygens (including phenoxy) is 1. The molecule has 2 atom stereocenters. The van der Waals surface area contributed by atoms with Crippen molar-refractivity contribution in [2.24, 2.45) is 11.8 Å². The molecule has 18 heavy (non-hydrogen) atoms. The van der Waals surface area contributed by atoms with E-state index < -0.39 is 0 Å². The minimum atomic E-state index is 0.0436. The van der Waals surface area contributed by atoms with E-state index >= 15 is 0 Å². The number of hydrogen-bond acceptors (Lipinski definition) is 2. The Labute approximate surface area is 112 Å². The van der Waals surface area contributed by atoms with E-state index in [4.69, 9.17) is 4.74 Å². The highest BCUT2D eigenvalue weighted by molar-refractivity contribution is 5.75. The van der Waals surface area contributed by atoms with Crippen LogP contribution in [0.3, 0.4) is 0 Å². The van der Waals surface area contributed by atoms with Crippen molar-refractivity contribution in [2.45, 2.75) is 78.1 Å². The van der Waals surface area contributed by atoms with Gasteiger partial charge in [-0.05, 0) is 25.7 Å². The Morgan fingerprint density at radius 2 is 1.61 bits per heavy atom. The van der Waals surface area contributed by atoms with Crippen molar-refractivity contribution in [1.29, 1.82) is 0 Å². The Balaban J connectivity index is 1.84. The van der Waals surface area contributed by atoms with Gasteiger partial charge < -0.3 is 4.74 Å². The van der Waals surface area contributed by atoms with Gasteiger partial charge in [0.05, 0.1) is 12.5 Å². The lowest BCUT2D eigenvalue weighted by Crippen LogP contribution is -2.07. The normalized spacial score (nSPS) is 21.9. The number of unbranched alkanes of at least 4 members (excludes halogenated alkanes) is 7. The fourth-order valence-corrected chi connectivity index (χ4v) is 2.65. The molecule has 1 rings (SSSR count). The monoisotopic (exact) mass is 254 g/mol. The molecule has 0 amide bonds. The highest BCUT2D eigenvalue weighted by Gasteiger charge is 2.43. The van der Waals surface area contributed by atoms with Crippen LogP contribution in [0.15, 0.2) is 0 Å². The number of carbonyl (C=O) groups is 1. The Kier molecular flexibility index (Phi) is 8.11. The summed E-state index contributed by atoms with van der Waals surface area (Å²) in [7, 11) is 0. The van der Waals surface area contributed by atoms with Crippen LogP contribution in [0.4, 0.5) is 0 Å². The minimum absolute atomic E-state index is 0.0436. The fourth-order valence-electron chi connectivity index (χ4n) is 2.65. The molecule has 2 nitrogen and oxygen atoms in total. The lowest BCUT2D eigenvalue weighted by Gasteiger charge is -2.02. The maximum absolute atomic E-state index is 11.4. The van der Waals surface area contributed by atoms with E-state index in [-0.39, 0.29) is 11.9 Å². The molecular formula is C16H30O2. The van der Waals surface area contributed by atoms with Crippen LogP contribution in [-0.2, 0) is 9.53 Å². The van der Waals surface area contributed by atoms with Crippen LogP contribution in [0.25, 0.3) is 0 Å². The van der Waals surface area contributed by atoms with Crippen LogP contribution >= 0.6 is 0 Å². The van der Waals surface area contributed by atoms with Gasteiger partial charge in [-0.1, -0.05) is 58.3 Å². The molecule has 0 radical (unpaired) electrons. The summed E-state index contributed by atoms with van der Waals surface area (Å²) in [6.07, 6.45) is 13.3. The van der Waals surface area contributed by atoms with E-state index in [1.807, 2.05) is 6.92 Å². The van der Waals surface area contributed by atoms with Gasteiger partial charge >= 0.3 is 5.97 Å². The van der Waals surface area contributed by atoms with Crippen molar-refractivity contribution in [3.8, 4) is 0 Å². The van der Waals surface area contributed by atoms with Crippen molar-refractivity contribution in [2.75, 3.05) is 6.61 Å². The molecule has 0 aromatic rings. The van der Waals surface area contributed by atoms with E-state index in [2.05, 4.69) is 6.92 Å². The fraction of sp³-hybridized carbons (Fsp3) is 0.938. The summed E-state index contributed by atoms with van der Waals surface area (Å²) in [4.78, 5) is 11.4. The molecule has 0 bridgehead atoms. The van der Waals surface area contributed by atoms with Gasteiger partial charge in [-0.25, -0.2) is 0 Å². The molecule has 0 aromatic carbocycles. The van der Waals surface area contributed by atoms with Gasteiger partial charge in [-0.3, -0.25) is 4.79 Å². The van der Waals surface area contributed by atoms with E-state index in [1.54, 1.807) is 0 Å². The largest absolute Gasteiger partial charge is 0.466 e. The predicted octanol–water partition coefficient (Wildman–Crippen LogP) is 4.72. The van der Waals surface area contributed by atoms with Gasteiger partial charge in [0.25, 0.3) is 0 Å². The van der Waals surface area contributed by atoms with Crippen molar-refractivity contribution in [3.05, 3.63) is 0 Å². The van der Waals surface area contributed by atoms with Crippen LogP contribution in [-0.4, -0.2) is 12.6 Å². The Morgan fingerprint density at radius 3 is 2.22 bits per heavy atom. The second-order valence-corrected chi connectivity index (χ2v) is 5.62. The van der Waals surface area contributed by atoms with E-state index in [1.165, 1.54) is 57.8 Å². The lowest BCUT2D eigenvalue weighted by molar-refractivity contribution is -0.145.